The molecule has 2 aliphatic rings. The molecule has 2 aliphatic heterocycles. The molecule has 0 spiro atoms. The van der Waals surface area contributed by atoms with E-state index in [9.17, 15) is 44.4 Å². The number of nitrogens with zero attached hydrogens (tertiary/aromatic N) is 5. The first kappa shape index (κ1) is 49.0. The van der Waals surface area contributed by atoms with Crippen molar-refractivity contribution in [3.63, 3.8) is 0 Å². The summed E-state index contributed by atoms with van der Waals surface area (Å²) in [5.41, 5.74) is 3.66. The molecule has 2 heterocycles. The van der Waals surface area contributed by atoms with Crippen molar-refractivity contribution in [2.75, 3.05) is 52.4 Å². The summed E-state index contributed by atoms with van der Waals surface area (Å²) in [5, 5.41) is 0. The van der Waals surface area contributed by atoms with Crippen LogP contribution in [0.15, 0.2) is 136 Å². The number of carbonyl (C=O) groups is 4. The summed E-state index contributed by atoms with van der Waals surface area (Å²) in [6.07, 6.45) is 0.296. The van der Waals surface area contributed by atoms with Crippen molar-refractivity contribution in [2.45, 2.75) is 61.1 Å². The highest BCUT2D eigenvalue weighted by molar-refractivity contribution is 7.89. The Labute approximate surface area is 392 Å². The van der Waals surface area contributed by atoms with Crippen molar-refractivity contribution >= 4 is 53.7 Å². The van der Waals surface area contributed by atoms with Crippen LogP contribution in [0.5, 0.6) is 0 Å². The van der Waals surface area contributed by atoms with Gasteiger partial charge in [0.1, 0.15) is 0 Å². The predicted octanol–water partition coefficient (Wildman–Crippen LogP) is 6.14. The van der Waals surface area contributed by atoms with Crippen molar-refractivity contribution in [2.24, 2.45) is 0 Å². The fourth-order valence-corrected chi connectivity index (χ4v) is 12.7. The SMILES string of the molecule is Cc1ccc(S(=O)(=O)N(CCCN2C(=O)c3ccccc3C2=O)CCCN(CCCN(CCCN2C(=O)c3ccccc3C2=O)S(=O)(=O)c2ccc(C)cc2)S(=O)(=O)c2ccc(C)cc2)cc1. The van der Waals surface area contributed by atoms with Gasteiger partial charge in [-0.15, -0.1) is 0 Å². The van der Waals surface area contributed by atoms with Crippen LogP contribution >= 0.6 is 0 Å². The number of benzene rings is 5. The average Bonchev–Trinajstić information content (AvgIpc) is 3.70. The van der Waals surface area contributed by atoms with Gasteiger partial charge in [0.05, 0.1) is 36.9 Å². The van der Waals surface area contributed by atoms with Gasteiger partial charge < -0.3 is 0 Å². The van der Waals surface area contributed by atoms with Crippen LogP contribution in [0.3, 0.4) is 0 Å². The molecule has 0 aromatic heterocycles. The molecule has 0 saturated carbocycles. The zero-order valence-corrected chi connectivity index (χ0v) is 40.0. The molecule has 352 valence electrons. The highest BCUT2D eigenvalue weighted by atomic mass is 32.2. The van der Waals surface area contributed by atoms with E-state index >= 15 is 0 Å². The van der Waals surface area contributed by atoms with Gasteiger partial charge in [-0.1, -0.05) is 77.4 Å². The van der Waals surface area contributed by atoms with Crippen LogP contribution in [0.4, 0.5) is 0 Å². The fraction of sp³-hybridized carbons (Fsp3) is 0.306. The van der Waals surface area contributed by atoms with Crippen LogP contribution in [-0.2, 0) is 30.1 Å². The number of fused-ring (bicyclic) bond motifs is 2. The average molecular weight is 968 g/mol. The zero-order valence-electron chi connectivity index (χ0n) is 37.6. The second-order valence-electron chi connectivity index (χ2n) is 16.7. The highest BCUT2D eigenvalue weighted by Crippen LogP contribution is 2.26. The van der Waals surface area contributed by atoms with E-state index in [0.717, 1.165) is 26.5 Å². The third-order valence-electron chi connectivity index (χ3n) is 11.9. The third-order valence-corrected chi connectivity index (χ3v) is 17.7. The Morgan fingerprint density at radius 1 is 0.343 bits per heavy atom. The summed E-state index contributed by atoms with van der Waals surface area (Å²) in [7, 11) is -12.5. The Morgan fingerprint density at radius 3 is 0.806 bits per heavy atom. The van der Waals surface area contributed by atoms with E-state index in [1.54, 1.807) is 84.9 Å². The smallest absolute Gasteiger partial charge is 0.261 e. The minimum Gasteiger partial charge on any atom is -0.274 e. The number of hydrogen-bond donors (Lipinski definition) is 0. The van der Waals surface area contributed by atoms with Crippen molar-refractivity contribution < 1.29 is 44.4 Å². The topological polar surface area (TPSA) is 187 Å². The van der Waals surface area contributed by atoms with Gasteiger partial charge >= 0.3 is 0 Å². The van der Waals surface area contributed by atoms with Crippen LogP contribution in [0.25, 0.3) is 0 Å². The molecule has 5 aromatic rings. The maximum absolute atomic E-state index is 14.4. The first-order valence-corrected chi connectivity index (χ1v) is 26.3. The van der Waals surface area contributed by atoms with E-state index in [1.165, 1.54) is 49.3 Å². The molecule has 67 heavy (non-hydrogen) atoms. The fourth-order valence-electron chi connectivity index (χ4n) is 8.18. The van der Waals surface area contributed by atoms with Gasteiger partial charge in [-0.3, -0.25) is 29.0 Å². The number of rotatable bonds is 22. The van der Waals surface area contributed by atoms with Crippen LogP contribution < -0.4 is 0 Å². The number of amides is 4. The molecule has 0 N–H and O–H groups in total. The number of aryl methyl sites for hydroxylation is 3. The van der Waals surface area contributed by atoms with Gasteiger partial charge in [0, 0.05) is 52.4 Å². The lowest BCUT2D eigenvalue weighted by atomic mass is 10.1. The van der Waals surface area contributed by atoms with Crippen LogP contribution in [0, 0.1) is 20.8 Å². The minimum atomic E-state index is -4.20. The summed E-state index contributed by atoms with van der Waals surface area (Å²) in [5.74, 6) is -1.84. The molecule has 0 fully saturated rings. The molecule has 0 atom stereocenters. The molecule has 18 heteroatoms. The Hall–Kier alpha value is -5.89. The predicted molar refractivity (Wildman–Crippen MR) is 252 cm³/mol. The number of carbonyl (C=O) groups excluding carboxylic acids is 4. The van der Waals surface area contributed by atoms with E-state index in [2.05, 4.69) is 0 Å². The standard InChI is InChI=1S/C49H53N5O10S3/c1-36-16-22-39(23-17-36)65(59,60)50(28-8-30-51(66(61,62)40-24-18-37(2)19-25-40)32-10-34-53-46(55)42-12-4-5-13-43(42)47(53)56)29-9-31-52(67(63,64)41-26-20-38(3)21-27-41)33-11-35-54-48(57)44-14-6-7-15-45(44)49(54)58/h4-7,12-27H,8-11,28-35H2,1-3H3. The van der Waals surface area contributed by atoms with E-state index in [1.807, 2.05) is 20.8 Å². The molecular weight excluding hydrogens is 915 g/mol. The highest BCUT2D eigenvalue weighted by Gasteiger charge is 2.37. The Morgan fingerprint density at radius 2 is 0.567 bits per heavy atom. The van der Waals surface area contributed by atoms with Gasteiger partial charge in [0.2, 0.25) is 30.1 Å². The van der Waals surface area contributed by atoms with Crippen molar-refractivity contribution in [3.05, 3.63) is 160 Å². The lowest BCUT2D eigenvalue weighted by molar-refractivity contribution is 0.0635. The van der Waals surface area contributed by atoms with Crippen molar-refractivity contribution in [1.82, 2.24) is 22.7 Å². The lowest BCUT2D eigenvalue weighted by Crippen LogP contribution is -2.40. The first-order chi connectivity index (χ1) is 31.9. The summed E-state index contributed by atoms with van der Waals surface area (Å²) in [4.78, 5) is 54.6. The van der Waals surface area contributed by atoms with Crippen LogP contribution in [0.2, 0.25) is 0 Å². The van der Waals surface area contributed by atoms with Crippen molar-refractivity contribution in [1.29, 1.82) is 0 Å². The monoisotopic (exact) mass is 967 g/mol. The molecule has 4 amide bonds. The van der Waals surface area contributed by atoms with Crippen molar-refractivity contribution in [3.8, 4) is 0 Å². The van der Waals surface area contributed by atoms with E-state index in [0.29, 0.717) is 0 Å². The second-order valence-corrected chi connectivity index (χ2v) is 22.5. The number of imide groups is 2. The van der Waals surface area contributed by atoms with E-state index in [-0.39, 0.29) is 115 Å². The Bertz CT molecular complexity index is 2760. The van der Waals surface area contributed by atoms with E-state index in [4.69, 9.17) is 0 Å². The maximum atomic E-state index is 14.4. The largest absolute Gasteiger partial charge is 0.274 e. The molecule has 0 saturated heterocycles. The number of hydrogen-bond acceptors (Lipinski definition) is 10. The third kappa shape index (κ3) is 10.6. The molecule has 0 unspecified atom stereocenters. The first-order valence-electron chi connectivity index (χ1n) is 22.0. The Kier molecular flexibility index (Phi) is 15.0. The van der Waals surface area contributed by atoms with Crippen LogP contribution in [0.1, 0.15) is 83.8 Å². The van der Waals surface area contributed by atoms with Gasteiger partial charge in [-0.25, -0.2) is 25.3 Å². The quantitative estimate of drug-likeness (QED) is 0.0730. The van der Waals surface area contributed by atoms with Gasteiger partial charge in [0.25, 0.3) is 23.6 Å². The molecule has 0 bridgehead atoms. The van der Waals surface area contributed by atoms with Crippen LogP contribution in [-0.4, -0.2) is 124 Å². The zero-order chi connectivity index (χ0) is 48.1. The molecule has 7 rings (SSSR count). The summed E-state index contributed by atoms with van der Waals surface area (Å²) >= 11 is 0. The number of sulfonamides is 3. The normalized spacial score (nSPS) is 14.2. The van der Waals surface area contributed by atoms with Gasteiger partial charge in [0.15, 0.2) is 0 Å². The molecule has 0 aliphatic carbocycles. The molecular formula is C49H53N5O10S3. The van der Waals surface area contributed by atoms with Gasteiger partial charge in [-0.2, -0.15) is 12.9 Å². The minimum absolute atomic E-state index is 0.00764. The maximum Gasteiger partial charge on any atom is 0.261 e. The lowest BCUT2D eigenvalue weighted by Gasteiger charge is -2.27. The summed E-state index contributed by atoms with van der Waals surface area (Å²) < 4.78 is 89.2. The Balaban J connectivity index is 1.08. The van der Waals surface area contributed by atoms with Gasteiger partial charge in [-0.05, 0) is 107 Å². The second kappa shape index (κ2) is 20.5. The summed E-state index contributed by atoms with van der Waals surface area (Å²) in [6, 6.07) is 31.9. The molecule has 5 aromatic carbocycles. The molecule has 0 radical (unpaired) electrons. The van der Waals surface area contributed by atoms with E-state index < -0.39 is 53.7 Å². The molecule has 15 nitrogen and oxygen atoms in total. The summed E-state index contributed by atoms with van der Waals surface area (Å²) in [6.45, 7) is 4.71.